The maximum absolute atomic E-state index is 13.0. The van der Waals surface area contributed by atoms with Gasteiger partial charge in [-0.3, -0.25) is 9.59 Å². The molecule has 124 valence electrons. The molecule has 5 heteroatoms. The van der Waals surface area contributed by atoms with Crippen LogP contribution in [0.25, 0.3) is 20.2 Å². The SMILES string of the molecule is CCCOc1ccc(CCC(=O)O)c2c(=O)c3ccccc3sc12. The monoisotopic (exact) mass is 342 g/mol. The highest BCUT2D eigenvalue weighted by Gasteiger charge is 2.15. The van der Waals surface area contributed by atoms with Crippen LogP contribution in [0, 0.1) is 0 Å². The van der Waals surface area contributed by atoms with Crippen molar-refractivity contribution in [2.45, 2.75) is 26.2 Å². The van der Waals surface area contributed by atoms with Crippen molar-refractivity contribution in [2.75, 3.05) is 6.61 Å². The molecule has 0 saturated carbocycles. The molecular weight excluding hydrogens is 324 g/mol. The highest BCUT2D eigenvalue weighted by Crippen LogP contribution is 2.34. The Morgan fingerprint density at radius 2 is 2.00 bits per heavy atom. The van der Waals surface area contributed by atoms with Gasteiger partial charge in [0.25, 0.3) is 0 Å². The Kier molecular flexibility index (Phi) is 4.81. The van der Waals surface area contributed by atoms with Gasteiger partial charge in [0.05, 0.1) is 11.3 Å². The summed E-state index contributed by atoms with van der Waals surface area (Å²) in [5.74, 6) is -0.176. The quantitative estimate of drug-likeness (QED) is 0.681. The number of fused-ring (bicyclic) bond motifs is 2. The van der Waals surface area contributed by atoms with E-state index in [1.807, 2.05) is 43.3 Å². The second-order valence-electron chi connectivity index (χ2n) is 5.60. The van der Waals surface area contributed by atoms with Gasteiger partial charge in [0.15, 0.2) is 5.43 Å². The first-order valence-corrected chi connectivity index (χ1v) is 8.75. The Morgan fingerprint density at radius 1 is 1.21 bits per heavy atom. The summed E-state index contributed by atoms with van der Waals surface area (Å²) < 4.78 is 7.52. The third-order valence-electron chi connectivity index (χ3n) is 3.85. The molecule has 1 heterocycles. The summed E-state index contributed by atoms with van der Waals surface area (Å²) in [4.78, 5) is 23.9. The molecule has 3 rings (SSSR count). The Morgan fingerprint density at radius 3 is 2.75 bits per heavy atom. The van der Waals surface area contributed by atoms with Crippen LogP contribution in [0.2, 0.25) is 0 Å². The summed E-state index contributed by atoms with van der Waals surface area (Å²) in [5, 5.41) is 10.2. The molecular formula is C19H18O4S. The maximum atomic E-state index is 13.0. The van der Waals surface area contributed by atoms with Gasteiger partial charge in [0, 0.05) is 21.9 Å². The van der Waals surface area contributed by atoms with Crippen molar-refractivity contribution in [3.8, 4) is 5.75 Å². The molecule has 0 aliphatic rings. The Labute approximate surface area is 143 Å². The molecule has 0 radical (unpaired) electrons. The number of hydrogen-bond donors (Lipinski definition) is 1. The number of rotatable bonds is 6. The third kappa shape index (κ3) is 3.12. The van der Waals surface area contributed by atoms with Crippen LogP contribution in [-0.4, -0.2) is 17.7 Å². The fourth-order valence-electron chi connectivity index (χ4n) is 2.72. The highest BCUT2D eigenvalue weighted by molar-refractivity contribution is 7.24. The van der Waals surface area contributed by atoms with Crippen molar-refractivity contribution in [3.63, 3.8) is 0 Å². The minimum atomic E-state index is -0.869. The van der Waals surface area contributed by atoms with E-state index in [1.54, 1.807) is 0 Å². The lowest BCUT2D eigenvalue weighted by Gasteiger charge is -2.12. The van der Waals surface area contributed by atoms with E-state index < -0.39 is 5.97 Å². The summed E-state index contributed by atoms with van der Waals surface area (Å²) in [6.07, 6.45) is 1.21. The molecule has 0 saturated heterocycles. The average Bonchev–Trinajstić information content (AvgIpc) is 2.58. The standard InChI is InChI=1S/C19H18O4S/c1-2-11-23-14-9-7-12(8-10-16(20)21)17-18(22)13-5-3-4-6-15(13)24-19(14)17/h3-7,9H,2,8,10-11H2,1H3,(H,20,21). The molecule has 4 nitrogen and oxygen atoms in total. The first-order valence-electron chi connectivity index (χ1n) is 7.94. The average molecular weight is 342 g/mol. The van der Waals surface area contributed by atoms with Gasteiger partial charge in [-0.05, 0) is 36.6 Å². The lowest BCUT2D eigenvalue weighted by molar-refractivity contribution is -0.136. The second-order valence-corrected chi connectivity index (χ2v) is 6.65. The van der Waals surface area contributed by atoms with Crippen LogP contribution in [-0.2, 0) is 11.2 Å². The number of carboxylic acids is 1. The van der Waals surface area contributed by atoms with Gasteiger partial charge in [0.2, 0.25) is 0 Å². The number of ether oxygens (including phenoxy) is 1. The lowest BCUT2D eigenvalue weighted by atomic mass is 10.0. The molecule has 3 aromatic rings. The number of aliphatic carboxylic acids is 1. The number of benzene rings is 2. The third-order valence-corrected chi connectivity index (χ3v) is 5.03. The molecule has 0 bridgehead atoms. The molecule has 0 aliphatic carbocycles. The predicted octanol–water partition coefficient (Wildman–Crippen LogP) is 4.22. The normalized spacial score (nSPS) is 11.0. The smallest absolute Gasteiger partial charge is 0.303 e. The second kappa shape index (κ2) is 7.01. The van der Waals surface area contributed by atoms with Crippen molar-refractivity contribution in [2.24, 2.45) is 0 Å². The van der Waals surface area contributed by atoms with Crippen molar-refractivity contribution in [1.29, 1.82) is 0 Å². The molecule has 0 unspecified atom stereocenters. The van der Waals surface area contributed by atoms with E-state index in [0.29, 0.717) is 29.5 Å². The van der Waals surface area contributed by atoms with Crippen LogP contribution in [0.15, 0.2) is 41.2 Å². The van der Waals surface area contributed by atoms with Crippen LogP contribution in [0.1, 0.15) is 25.3 Å². The Hall–Kier alpha value is -2.40. The Bertz CT molecular complexity index is 959. The fraction of sp³-hybridized carbons (Fsp3) is 0.263. The molecule has 0 atom stereocenters. The zero-order valence-corrected chi connectivity index (χ0v) is 14.2. The molecule has 24 heavy (non-hydrogen) atoms. The van der Waals surface area contributed by atoms with E-state index in [4.69, 9.17) is 9.84 Å². The van der Waals surface area contributed by atoms with Gasteiger partial charge in [0.1, 0.15) is 5.75 Å². The molecule has 0 fully saturated rings. The van der Waals surface area contributed by atoms with Crippen LogP contribution in [0.4, 0.5) is 0 Å². The lowest BCUT2D eigenvalue weighted by Crippen LogP contribution is -2.07. The van der Waals surface area contributed by atoms with Gasteiger partial charge in [-0.2, -0.15) is 0 Å². The van der Waals surface area contributed by atoms with Gasteiger partial charge < -0.3 is 9.84 Å². The molecule has 1 aromatic heterocycles. The highest BCUT2D eigenvalue weighted by atomic mass is 32.1. The molecule has 0 aliphatic heterocycles. The summed E-state index contributed by atoms with van der Waals surface area (Å²) in [6.45, 7) is 2.61. The van der Waals surface area contributed by atoms with Crippen LogP contribution in [0.3, 0.4) is 0 Å². The van der Waals surface area contributed by atoms with Crippen molar-refractivity contribution in [3.05, 3.63) is 52.2 Å². The first kappa shape index (κ1) is 16.5. The Balaban J connectivity index is 2.28. The van der Waals surface area contributed by atoms with Crippen molar-refractivity contribution in [1.82, 2.24) is 0 Å². The molecule has 0 amide bonds. The van der Waals surface area contributed by atoms with Gasteiger partial charge >= 0.3 is 5.97 Å². The molecule has 0 spiro atoms. The summed E-state index contributed by atoms with van der Waals surface area (Å²) in [6, 6.07) is 11.2. The van der Waals surface area contributed by atoms with Gasteiger partial charge in [-0.15, -0.1) is 11.3 Å². The van der Waals surface area contributed by atoms with E-state index in [9.17, 15) is 9.59 Å². The first-order chi connectivity index (χ1) is 11.6. The van der Waals surface area contributed by atoms with Crippen LogP contribution >= 0.6 is 11.3 Å². The van der Waals surface area contributed by atoms with E-state index in [1.165, 1.54) is 11.3 Å². The number of carboxylic acid groups (broad SMARTS) is 1. The number of aryl methyl sites for hydroxylation is 1. The van der Waals surface area contributed by atoms with E-state index in [-0.39, 0.29) is 11.8 Å². The maximum Gasteiger partial charge on any atom is 0.303 e. The van der Waals surface area contributed by atoms with Gasteiger partial charge in [-0.25, -0.2) is 0 Å². The van der Waals surface area contributed by atoms with Crippen molar-refractivity contribution < 1.29 is 14.6 Å². The fourth-order valence-corrected chi connectivity index (χ4v) is 3.91. The number of hydrogen-bond acceptors (Lipinski definition) is 4. The van der Waals surface area contributed by atoms with Crippen LogP contribution in [0.5, 0.6) is 5.75 Å². The topological polar surface area (TPSA) is 63.6 Å². The largest absolute Gasteiger partial charge is 0.492 e. The van der Waals surface area contributed by atoms with Crippen molar-refractivity contribution >= 4 is 37.5 Å². The summed E-state index contributed by atoms with van der Waals surface area (Å²) in [7, 11) is 0. The zero-order valence-electron chi connectivity index (χ0n) is 13.4. The van der Waals surface area contributed by atoms with E-state index >= 15 is 0 Å². The summed E-state index contributed by atoms with van der Waals surface area (Å²) in [5.41, 5.74) is 0.713. The van der Waals surface area contributed by atoms with E-state index in [0.717, 1.165) is 21.4 Å². The zero-order chi connectivity index (χ0) is 17.1. The predicted molar refractivity (Wildman–Crippen MR) is 97.3 cm³/mol. The number of carbonyl (C=O) groups is 1. The molecule has 2 aromatic carbocycles. The van der Waals surface area contributed by atoms with E-state index in [2.05, 4.69) is 0 Å². The minimum Gasteiger partial charge on any atom is -0.492 e. The molecule has 1 N–H and O–H groups in total. The van der Waals surface area contributed by atoms with Crippen LogP contribution < -0.4 is 10.2 Å². The summed E-state index contributed by atoms with van der Waals surface area (Å²) >= 11 is 1.52. The van der Waals surface area contributed by atoms with Gasteiger partial charge in [-0.1, -0.05) is 25.1 Å². The minimum absolute atomic E-state index is 0.00119.